The summed E-state index contributed by atoms with van der Waals surface area (Å²) in [5.41, 5.74) is 0.340. The first-order valence-electron chi connectivity index (χ1n) is 6.08. The summed E-state index contributed by atoms with van der Waals surface area (Å²) in [6.45, 7) is 6.35. The molecule has 0 unspecified atom stereocenters. The van der Waals surface area contributed by atoms with E-state index in [0.717, 1.165) is 6.54 Å². The fourth-order valence-electron chi connectivity index (χ4n) is 1.38. The van der Waals surface area contributed by atoms with Gasteiger partial charge in [0.1, 0.15) is 11.5 Å². The van der Waals surface area contributed by atoms with Crippen molar-refractivity contribution in [1.29, 1.82) is 0 Å². The Bertz CT molecular complexity index is 384. The van der Waals surface area contributed by atoms with Gasteiger partial charge in [-0.1, -0.05) is 0 Å². The summed E-state index contributed by atoms with van der Waals surface area (Å²) in [6.07, 6.45) is 3.07. The van der Waals surface area contributed by atoms with Gasteiger partial charge >= 0.3 is 0 Å². The smallest absolute Gasteiger partial charge is 0.273 e. The number of amides is 1. The molecule has 1 heterocycles. The van der Waals surface area contributed by atoms with E-state index in [1.807, 2.05) is 13.8 Å². The number of nitrogens with zero attached hydrogens (tertiary/aromatic N) is 3. The topological polar surface area (TPSA) is 67.4 Å². The molecule has 1 N–H and O–H groups in total. The number of likely N-dealkylation sites (N-methyl/N-ethyl adjacent to an activating group) is 1. The molecule has 0 aromatic carbocycles. The lowest BCUT2D eigenvalue weighted by atomic mass is 10.4. The van der Waals surface area contributed by atoms with E-state index < -0.39 is 0 Å². The molecule has 100 valence electrons. The fraction of sp³-hybridized carbons (Fsp3) is 0.583. The maximum atomic E-state index is 12.0. The van der Waals surface area contributed by atoms with E-state index in [9.17, 15) is 4.79 Å². The summed E-state index contributed by atoms with van der Waals surface area (Å²) in [6, 6.07) is 0. The lowest BCUT2D eigenvalue weighted by Crippen LogP contribution is -2.31. The van der Waals surface area contributed by atoms with Crippen molar-refractivity contribution in [3.63, 3.8) is 0 Å². The number of carbonyl (C=O) groups excluding carboxylic acids is 1. The Hall–Kier alpha value is -1.69. The number of anilines is 1. The van der Waals surface area contributed by atoms with Crippen molar-refractivity contribution in [2.45, 2.75) is 13.8 Å². The molecule has 0 spiro atoms. The van der Waals surface area contributed by atoms with E-state index in [1.165, 1.54) is 6.20 Å². The van der Waals surface area contributed by atoms with Crippen molar-refractivity contribution in [2.24, 2.45) is 0 Å². The first kappa shape index (κ1) is 14.4. The van der Waals surface area contributed by atoms with E-state index in [-0.39, 0.29) is 5.91 Å². The minimum absolute atomic E-state index is 0.151. The number of hydrogen-bond acceptors (Lipinski definition) is 5. The van der Waals surface area contributed by atoms with Gasteiger partial charge in [0.15, 0.2) is 0 Å². The normalized spacial score (nSPS) is 10.2. The predicted octanol–water partition coefficient (Wildman–Crippen LogP) is 1.02. The van der Waals surface area contributed by atoms with Gasteiger partial charge in [-0.3, -0.25) is 9.78 Å². The standard InChI is InChI=1S/C12H20N4O2/c1-4-14-11-9-13-8-10(15-11)12(17)16(3)6-7-18-5-2/h8-9H,4-7H2,1-3H3,(H,14,15). The quantitative estimate of drug-likeness (QED) is 0.734. The van der Waals surface area contributed by atoms with Crippen LogP contribution in [0.4, 0.5) is 5.82 Å². The Labute approximate surface area is 107 Å². The molecule has 18 heavy (non-hydrogen) atoms. The van der Waals surface area contributed by atoms with Crippen LogP contribution in [0.2, 0.25) is 0 Å². The highest BCUT2D eigenvalue weighted by atomic mass is 16.5. The molecular weight excluding hydrogens is 232 g/mol. The van der Waals surface area contributed by atoms with Crippen molar-refractivity contribution < 1.29 is 9.53 Å². The molecule has 0 aliphatic carbocycles. The Balaban J connectivity index is 2.62. The molecular formula is C12H20N4O2. The van der Waals surface area contributed by atoms with Crippen molar-refractivity contribution in [3.05, 3.63) is 18.1 Å². The Morgan fingerprint density at radius 2 is 2.22 bits per heavy atom. The van der Waals surface area contributed by atoms with Gasteiger partial charge in [-0.15, -0.1) is 0 Å². The van der Waals surface area contributed by atoms with Crippen LogP contribution in [0.5, 0.6) is 0 Å². The fourth-order valence-corrected chi connectivity index (χ4v) is 1.38. The van der Waals surface area contributed by atoms with Gasteiger partial charge in [-0.25, -0.2) is 4.98 Å². The molecule has 0 saturated carbocycles. The van der Waals surface area contributed by atoms with E-state index in [1.54, 1.807) is 18.1 Å². The minimum atomic E-state index is -0.151. The molecule has 0 aliphatic rings. The summed E-state index contributed by atoms with van der Waals surface area (Å²) in [5.74, 6) is 0.462. The molecule has 1 amide bonds. The molecule has 1 aromatic heterocycles. The second-order valence-electron chi connectivity index (χ2n) is 3.74. The highest BCUT2D eigenvalue weighted by Crippen LogP contribution is 2.04. The summed E-state index contributed by atoms with van der Waals surface area (Å²) in [7, 11) is 1.73. The van der Waals surface area contributed by atoms with Gasteiger partial charge in [-0.05, 0) is 13.8 Å². The maximum absolute atomic E-state index is 12.0. The molecule has 0 atom stereocenters. The molecule has 6 heteroatoms. The van der Waals surface area contributed by atoms with Crippen LogP contribution in [0.3, 0.4) is 0 Å². The SMILES string of the molecule is CCNc1cncc(C(=O)N(C)CCOCC)n1. The van der Waals surface area contributed by atoms with Crippen LogP contribution in [0.15, 0.2) is 12.4 Å². The van der Waals surface area contributed by atoms with Crippen molar-refractivity contribution in [1.82, 2.24) is 14.9 Å². The van der Waals surface area contributed by atoms with E-state index in [2.05, 4.69) is 15.3 Å². The van der Waals surface area contributed by atoms with E-state index in [0.29, 0.717) is 31.3 Å². The van der Waals surface area contributed by atoms with Gasteiger partial charge in [0.25, 0.3) is 5.91 Å². The molecule has 0 fully saturated rings. The molecule has 0 saturated heterocycles. The number of hydrogen-bond donors (Lipinski definition) is 1. The zero-order chi connectivity index (χ0) is 13.4. The molecule has 0 radical (unpaired) electrons. The third-order valence-corrected chi connectivity index (χ3v) is 2.33. The van der Waals surface area contributed by atoms with Gasteiger partial charge in [-0.2, -0.15) is 0 Å². The zero-order valence-corrected chi connectivity index (χ0v) is 11.1. The van der Waals surface area contributed by atoms with E-state index >= 15 is 0 Å². The Morgan fingerprint density at radius 3 is 2.89 bits per heavy atom. The average molecular weight is 252 g/mol. The van der Waals surface area contributed by atoms with Crippen LogP contribution in [0.1, 0.15) is 24.3 Å². The summed E-state index contributed by atoms with van der Waals surface area (Å²) in [5, 5.41) is 3.02. The second kappa shape index (κ2) is 7.60. The average Bonchev–Trinajstić information content (AvgIpc) is 2.39. The third-order valence-electron chi connectivity index (χ3n) is 2.33. The van der Waals surface area contributed by atoms with Gasteiger partial charge in [0.2, 0.25) is 0 Å². The number of rotatable bonds is 7. The maximum Gasteiger partial charge on any atom is 0.273 e. The lowest BCUT2D eigenvalue weighted by Gasteiger charge is -2.16. The number of ether oxygens (including phenoxy) is 1. The van der Waals surface area contributed by atoms with Crippen molar-refractivity contribution >= 4 is 11.7 Å². The lowest BCUT2D eigenvalue weighted by molar-refractivity contribution is 0.0704. The monoisotopic (exact) mass is 252 g/mol. The molecule has 0 bridgehead atoms. The first-order chi connectivity index (χ1) is 8.69. The summed E-state index contributed by atoms with van der Waals surface area (Å²) < 4.78 is 5.21. The third kappa shape index (κ3) is 4.29. The van der Waals surface area contributed by atoms with Crippen LogP contribution < -0.4 is 5.32 Å². The summed E-state index contributed by atoms with van der Waals surface area (Å²) >= 11 is 0. The van der Waals surface area contributed by atoms with Gasteiger partial charge in [0.05, 0.1) is 19.0 Å². The first-order valence-corrected chi connectivity index (χ1v) is 6.08. The van der Waals surface area contributed by atoms with Gasteiger partial charge < -0.3 is 15.0 Å². The van der Waals surface area contributed by atoms with E-state index in [4.69, 9.17) is 4.74 Å². The predicted molar refractivity (Wildman–Crippen MR) is 69.6 cm³/mol. The van der Waals surface area contributed by atoms with Gasteiger partial charge in [0, 0.05) is 26.7 Å². The highest BCUT2D eigenvalue weighted by Gasteiger charge is 2.13. The van der Waals surface area contributed by atoms with Crippen LogP contribution in [0, 0.1) is 0 Å². The van der Waals surface area contributed by atoms with Crippen LogP contribution in [0.25, 0.3) is 0 Å². The highest BCUT2D eigenvalue weighted by molar-refractivity contribution is 5.92. The Kier molecular flexibility index (Phi) is 6.07. The molecule has 1 rings (SSSR count). The number of nitrogens with one attached hydrogen (secondary N) is 1. The van der Waals surface area contributed by atoms with Crippen LogP contribution in [-0.4, -0.2) is 54.1 Å². The van der Waals surface area contributed by atoms with Crippen LogP contribution in [-0.2, 0) is 4.74 Å². The van der Waals surface area contributed by atoms with Crippen molar-refractivity contribution in [3.8, 4) is 0 Å². The molecule has 6 nitrogen and oxygen atoms in total. The Morgan fingerprint density at radius 1 is 1.44 bits per heavy atom. The number of carbonyl (C=O) groups is 1. The minimum Gasteiger partial charge on any atom is -0.380 e. The summed E-state index contributed by atoms with van der Waals surface area (Å²) in [4.78, 5) is 21.8. The van der Waals surface area contributed by atoms with Crippen LogP contribution >= 0.6 is 0 Å². The zero-order valence-electron chi connectivity index (χ0n) is 11.1. The molecule has 1 aromatic rings. The number of aromatic nitrogens is 2. The van der Waals surface area contributed by atoms with Crippen molar-refractivity contribution in [2.75, 3.05) is 38.7 Å². The second-order valence-corrected chi connectivity index (χ2v) is 3.74. The largest absolute Gasteiger partial charge is 0.380 e. The molecule has 0 aliphatic heterocycles.